The smallest absolute Gasteiger partial charge is 0.255 e. The second-order valence-electron chi connectivity index (χ2n) is 12.3. The Morgan fingerprint density at radius 3 is 2.72 bits per heavy atom. The number of benzene rings is 2. The van der Waals surface area contributed by atoms with Crippen molar-refractivity contribution in [2.75, 3.05) is 14.2 Å². The van der Waals surface area contributed by atoms with E-state index in [0.29, 0.717) is 41.6 Å². The molecule has 0 radical (unpaired) electrons. The van der Waals surface area contributed by atoms with E-state index in [4.69, 9.17) is 14.2 Å². The van der Waals surface area contributed by atoms with E-state index < -0.39 is 17.1 Å². The molecule has 5 atom stereocenters. The number of carbonyl (C=O) groups excluding carboxylic acids is 2. The predicted octanol–water partition coefficient (Wildman–Crippen LogP) is 4.50. The molecular weight excluding hydrogens is 494 g/mol. The van der Waals surface area contributed by atoms with Gasteiger partial charge in [-0.1, -0.05) is 25.3 Å². The molecular formula is C32H37NO6. The standard InChI is InChI=1S/C32H37NO6/c1-37-22-8-6-21(26(16-22)38-2)17-33-30(35)23-9-7-20-15-24-19(14-18-4-3-5-18)10-12-31-27(20)28(23)39-29(31)25(34)11-13-32(24,31)36/h6-9,16,18-19,24,29,36H,3-5,10-15,17H2,1-2H3,(H,33,35). The molecule has 39 heavy (non-hydrogen) atoms. The van der Waals surface area contributed by atoms with Crippen LogP contribution in [0.4, 0.5) is 0 Å². The zero-order valence-electron chi connectivity index (χ0n) is 22.8. The highest BCUT2D eigenvalue weighted by Crippen LogP contribution is 2.67. The Kier molecular flexibility index (Phi) is 5.74. The van der Waals surface area contributed by atoms with Crippen LogP contribution in [0.1, 0.15) is 78.4 Å². The lowest BCUT2D eigenvalue weighted by Crippen LogP contribution is -2.71. The Morgan fingerprint density at radius 1 is 1.13 bits per heavy atom. The zero-order chi connectivity index (χ0) is 26.9. The van der Waals surface area contributed by atoms with Crippen molar-refractivity contribution < 1.29 is 28.9 Å². The summed E-state index contributed by atoms with van der Waals surface area (Å²) in [7, 11) is 3.19. The molecule has 0 saturated heterocycles. The second kappa shape index (κ2) is 8.98. The summed E-state index contributed by atoms with van der Waals surface area (Å²) in [5.41, 5.74) is 1.60. The fourth-order valence-electron chi connectivity index (χ4n) is 8.66. The number of rotatable bonds is 7. The van der Waals surface area contributed by atoms with E-state index in [0.717, 1.165) is 41.9 Å². The van der Waals surface area contributed by atoms with Crippen molar-refractivity contribution in [3.05, 3.63) is 52.6 Å². The molecule has 2 aromatic carbocycles. The summed E-state index contributed by atoms with van der Waals surface area (Å²) in [6.07, 6.45) is 7.74. The minimum Gasteiger partial charge on any atom is -0.497 e. The maximum absolute atomic E-state index is 13.6. The SMILES string of the molecule is COc1ccc(CNC(=O)c2ccc3c4c2OC2C(=O)CCC5(O)C(C3)C(CC3CCC3)CCC425)c(OC)c1. The van der Waals surface area contributed by atoms with Gasteiger partial charge in [-0.25, -0.2) is 0 Å². The van der Waals surface area contributed by atoms with Crippen molar-refractivity contribution in [3.63, 3.8) is 0 Å². The third kappa shape index (κ3) is 3.44. The van der Waals surface area contributed by atoms with E-state index in [1.807, 2.05) is 24.3 Å². The number of ketones is 1. The van der Waals surface area contributed by atoms with Crippen LogP contribution >= 0.6 is 0 Å². The topological polar surface area (TPSA) is 94.1 Å². The molecule has 1 heterocycles. The molecule has 7 nitrogen and oxygen atoms in total. The number of carbonyl (C=O) groups is 2. The van der Waals surface area contributed by atoms with Crippen LogP contribution in [-0.2, 0) is 23.2 Å². The summed E-state index contributed by atoms with van der Waals surface area (Å²) in [5.74, 6) is 2.98. The monoisotopic (exact) mass is 531 g/mol. The number of aliphatic hydroxyl groups is 1. The molecule has 5 aliphatic rings. The van der Waals surface area contributed by atoms with Crippen LogP contribution in [-0.4, -0.2) is 42.7 Å². The molecule has 2 N–H and O–H groups in total. The van der Waals surface area contributed by atoms with Crippen LogP contribution in [0.2, 0.25) is 0 Å². The molecule has 2 bridgehead atoms. The van der Waals surface area contributed by atoms with Gasteiger partial charge in [-0.15, -0.1) is 0 Å². The van der Waals surface area contributed by atoms with E-state index in [-0.39, 0.29) is 24.2 Å². The normalized spacial score (nSPS) is 32.1. The van der Waals surface area contributed by atoms with Crippen LogP contribution in [0.5, 0.6) is 17.2 Å². The molecule has 2 aromatic rings. The second-order valence-corrected chi connectivity index (χ2v) is 12.3. The summed E-state index contributed by atoms with van der Waals surface area (Å²) < 4.78 is 17.2. The summed E-state index contributed by atoms with van der Waals surface area (Å²) in [6.45, 7) is 0.269. The van der Waals surface area contributed by atoms with Crippen LogP contribution < -0.4 is 19.5 Å². The van der Waals surface area contributed by atoms with E-state index >= 15 is 0 Å². The number of ether oxygens (including phenoxy) is 3. The minimum absolute atomic E-state index is 0.0502. The van der Waals surface area contributed by atoms with Gasteiger partial charge in [0.15, 0.2) is 11.9 Å². The van der Waals surface area contributed by atoms with Crippen molar-refractivity contribution in [2.24, 2.45) is 17.8 Å². The Hall–Kier alpha value is -3.06. The van der Waals surface area contributed by atoms with E-state index in [1.165, 1.54) is 25.7 Å². The van der Waals surface area contributed by atoms with E-state index in [2.05, 4.69) is 5.32 Å². The molecule has 1 amide bonds. The predicted molar refractivity (Wildman–Crippen MR) is 144 cm³/mol. The fourth-order valence-corrected chi connectivity index (χ4v) is 8.66. The highest BCUT2D eigenvalue weighted by atomic mass is 16.5. The number of hydrogen-bond acceptors (Lipinski definition) is 6. The van der Waals surface area contributed by atoms with Gasteiger partial charge in [0.1, 0.15) is 17.2 Å². The maximum atomic E-state index is 13.6. The van der Waals surface area contributed by atoms with Crippen LogP contribution in [0, 0.1) is 17.8 Å². The summed E-state index contributed by atoms with van der Waals surface area (Å²) in [6, 6.07) is 9.38. The first kappa shape index (κ1) is 24.9. The lowest BCUT2D eigenvalue weighted by atomic mass is 9.43. The molecule has 3 fully saturated rings. The Bertz CT molecular complexity index is 1350. The molecule has 5 unspecified atom stereocenters. The molecule has 7 rings (SSSR count). The van der Waals surface area contributed by atoms with Crippen molar-refractivity contribution in [3.8, 4) is 17.2 Å². The van der Waals surface area contributed by atoms with Crippen LogP contribution in [0.25, 0.3) is 0 Å². The molecule has 1 spiro atoms. The third-order valence-corrected chi connectivity index (χ3v) is 10.8. The zero-order valence-corrected chi connectivity index (χ0v) is 22.8. The molecule has 3 saturated carbocycles. The first-order chi connectivity index (χ1) is 18.9. The van der Waals surface area contributed by atoms with Gasteiger partial charge >= 0.3 is 0 Å². The average molecular weight is 532 g/mol. The highest BCUT2D eigenvalue weighted by molar-refractivity contribution is 5.99. The lowest BCUT2D eigenvalue weighted by Gasteiger charge is -2.62. The van der Waals surface area contributed by atoms with Gasteiger partial charge < -0.3 is 24.6 Å². The molecule has 206 valence electrons. The minimum atomic E-state index is -0.970. The molecule has 1 aliphatic heterocycles. The van der Waals surface area contributed by atoms with Gasteiger partial charge in [0, 0.05) is 30.2 Å². The van der Waals surface area contributed by atoms with Crippen LogP contribution in [0.3, 0.4) is 0 Å². The Balaban J connectivity index is 1.23. The van der Waals surface area contributed by atoms with Gasteiger partial charge in [-0.2, -0.15) is 0 Å². The largest absolute Gasteiger partial charge is 0.497 e. The molecule has 4 aliphatic carbocycles. The third-order valence-electron chi connectivity index (χ3n) is 10.8. The van der Waals surface area contributed by atoms with Gasteiger partial charge in [-0.3, -0.25) is 9.59 Å². The number of Topliss-reactive ketones (excluding diaryl/α,β-unsaturated/α-hetero) is 1. The lowest BCUT2D eigenvalue weighted by molar-refractivity contribution is -0.190. The first-order valence-electron chi connectivity index (χ1n) is 14.5. The van der Waals surface area contributed by atoms with Gasteiger partial charge in [-0.05, 0) is 73.6 Å². The van der Waals surface area contributed by atoms with Crippen molar-refractivity contribution in [1.82, 2.24) is 5.32 Å². The number of amides is 1. The Morgan fingerprint density at radius 2 is 1.97 bits per heavy atom. The first-order valence-corrected chi connectivity index (χ1v) is 14.5. The molecule has 7 heteroatoms. The fraction of sp³-hybridized carbons (Fsp3) is 0.562. The van der Waals surface area contributed by atoms with Gasteiger partial charge in [0.25, 0.3) is 5.91 Å². The summed E-state index contributed by atoms with van der Waals surface area (Å²) in [5, 5.41) is 15.5. The molecule has 0 aromatic heterocycles. The van der Waals surface area contributed by atoms with Crippen LogP contribution in [0.15, 0.2) is 30.3 Å². The average Bonchev–Trinajstić information content (AvgIpc) is 3.28. The van der Waals surface area contributed by atoms with Crippen molar-refractivity contribution >= 4 is 11.7 Å². The Labute approximate surface area is 229 Å². The highest BCUT2D eigenvalue weighted by Gasteiger charge is 2.73. The number of hydrogen-bond donors (Lipinski definition) is 2. The quantitative estimate of drug-likeness (QED) is 0.547. The van der Waals surface area contributed by atoms with E-state index in [9.17, 15) is 14.7 Å². The summed E-state index contributed by atoms with van der Waals surface area (Å²) >= 11 is 0. The maximum Gasteiger partial charge on any atom is 0.255 e. The summed E-state index contributed by atoms with van der Waals surface area (Å²) in [4.78, 5) is 26.9. The van der Waals surface area contributed by atoms with Gasteiger partial charge in [0.05, 0.1) is 30.8 Å². The van der Waals surface area contributed by atoms with Crippen molar-refractivity contribution in [1.29, 1.82) is 0 Å². The van der Waals surface area contributed by atoms with Gasteiger partial charge in [0.2, 0.25) is 0 Å². The van der Waals surface area contributed by atoms with Crippen molar-refractivity contribution in [2.45, 2.75) is 81.5 Å². The van der Waals surface area contributed by atoms with E-state index in [1.54, 1.807) is 20.3 Å². The number of nitrogens with one attached hydrogen (secondary N) is 1. The number of methoxy groups -OCH3 is 2.